The van der Waals surface area contributed by atoms with Gasteiger partial charge in [-0.15, -0.1) is 11.8 Å². The van der Waals surface area contributed by atoms with Crippen molar-refractivity contribution in [2.45, 2.75) is 10.6 Å². The Bertz CT molecular complexity index is 554. The molecule has 0 fully saturated rings. The minimum Gasteiger partial charge on any atom is -0.468 e. The molecule has 0 aliphatic rings. The van der Waals surface area contributed by atoms with Gasteiger partial charge < -0.3 is 10.2 Å². The highest BCUT2D eigenvalue weighted by Crippen LogP contribution is 2.28. The van der Waals surface area contributed by atoms with Gasteiger partial charge in [-0.1, -0.05) is 12.1 Å². The number of nitrogens with one attached hydrogen (secondary N) is 1. The zero-order valence-corrected chi connectivity index (χ0v) is 10.4. The van der Waals surface area contributed by atoms with Gasteiger partial charge in [0, 0.05) is 10.6 Å². The zero-order valence-electron chi connectivity index (χ0n) is 9.55. The summed E-state index contributed by atoms with van der Waals surface area (Å²) in [6.45, 7) is 0. The van der Waals surface area contributed by atoms with Crippen LogP contribution in [0.1, 0.15) is 16.1 Å². The number of carbonyl (C=O) groups excluding carboxylic acids is 1. The fraction of sp³-hybridized carbons (Fsp3) is 0.0833. The molecule has 18 heavy (non-hydrogen) atoms. The summed E-state index contributed by atoms with van der Waals surface area (Å²) < 4.78 is 5.27. The number of hydrogen-bond acceptors (Lipinski definition) is 5. The molecule has 5 nitrogen and oxygen atoms in total. The summed E-state index contributed by atoms with van der Waals surface area (Å²) in [5, 5.41) is 0. The van der Waals surface area contributed by atoms with Crippen LogP contribution < -0.4 is 17.0 Å². The van der Waals surface area contributed by atoms with Crippen molar-refractivity contribution in [1.82, 2.24) is 5.43 Å². The molecule has 1 amide bonds. The van der Waals surface area contributed by atoms with Gasteiger partial charge in [0.25, 0.3) is 5.91 Å². The maximum Gasteiger partial charge on any atom is 0.268 e. The van der Waals surface area contributed by atoms with Crippen molar-refractivity contribution in [2.24, 2.45) is 5.84 Å². The molecule has 1 aromatic carbocycles. The fourth-order valence-electron chi connectivity index (χ4n) is 1.42. The maximum absolute atomic E-state index is 11.2. The molecule has 6 heteroatoms. The Hall–Kier alpha value is -1.92. The monoisotopic (exact) mass is 263 g/mol. The number of hydrazine groups is 1. The maximum atomic E-state index is 11.2. The lowest BCUT2D eigenvalue weighted by Crippen LogP contribution is -2.29. The predicted octanol–water partition coefficient (Wildman–Crippen LogP) is 1.76. The molecule has 0 radical (unpaired) electrons. The van der Waals surface area contributed by atoms with Crippen molar-refractivity contribution in [3.63, 3.8) is 0 Å². The van der Waals surface area contributed by atoms with Crippen LogP contribution in [-0.2, 0) is 5.75 Å². The molecular formula is C12H13N3O2S. The van der Waals surface area contributed by atoms with Crippen LogP contribution in [-0.4, -0.2) is 5.91 Å². The van der Waals surface area contributed by atoms with E-state index in [1.165, 1.54) is 6.26 Å². The first kappa shape index (κ1) is 12.5. The van der Waals surface area contributed by atoms with Crippen LogP contribution in [0, 0.1) is 0 Å². The second-order valence-electron chi connectivity index (χ2n) is 3.60. The Morgan fingerprint density at radius 3 is 2.89 bits per heavy atom. The molecule has 5 N–H and O–H groups in total. The van der Waals surface area contributed by atoms with Crippen LogP contribution in [0.2, 0.25) is 0 Å². The van der Waals surface area contributed by atoms with Crippen molar-refractivity contribution in [3.8, 4) is 0 Å². The normalized spacial score (nSPS) is 10.3. The van der Waals surface area contributed by atoms with E-state index in [0.29, 0.717) is 17.1 Å². The van der Waals surface area contributed by atoms with E-state index in [1.807, 2.05) is 24.3 Å². The van der Waals surface area contributed by atoms with E-state index in [-0.39, 0.29) is 5.91 Å². The molecule has 0 saturated carbocycles. The van der Waals surface area contributed by atoms with Crippen molar-refractivity contribution in [2.75, 3.05) is 5.73 Å². The van der Waals surface area contributed by atoms with Crippen molar-refractivity contribution < 1.29 is 9.21 Å². The van der Waals surface area contributed by atoms with E-state index in [1.54, 1.807) is 17.8 Å². The molecule has 0 saturated heterocycles. The zero-order chi connectivity index (χ0) is 13.0. The molecule has 0 atom stereocenters. The fourth-order valence-corrected chi connectivity index (χ4v) is 2.28. The number of nitrogens with two attached hydrogens (primary N) is 2. The largest absolute Gasteiger partial charge is 0.468 e. The Kier molecular flexibility index (Phi) is 3.91. The van der Waals surface area contributed by atoms with Crippen LogP contribution in [0.4, 0.5) is 5.69 Å². The third-order valence-electron chi connectivity index (χ3n) is 2.34. The van der Waals surface area contributed by atoms with Gasteiger partial charge in [0.2, 0.25) is 0 Å². The molecule has 2 rings (SSSR count). The number of para-hydroxylation sites is 1. The van der Waals surface area contributed by atoms with Gasteiger partial charge >= 0.3 is 0 Å². The van der Waals surface area contributed by atoms with Crippen molar-refractivity contribution in [3.05, 3.63) is 47.9 Å². The van der Waals surface area contributed by atoms with Crippen LogP contribution in [0.3, 0.4) is 0 Å². The SMILES string of the molecule is NNC(=O)c1coc(CSc2ccccc2N)c1. The number of benzene rings is 1. The first-order valence-electron chi connectivity index (χ1n) is 5.26. The average molecular weight is 263 g/mol. The summed E-state index contributed by atoms with van der Waals surface area (Å²) >= 11 is 1.55. The van der Waals surface area contributed by atoms with Gasteiger partial charge in [-0.05, 0) is 18.2 Å². The van der Waals surface area contributed by atoms with Gasteiger partial charge in [-0.25, -0.2) is 5.84 Å². The van der Waals surface area contributed by atoms with Crippen LogP contribution in [0.15, 0.2) is 45.9 Å². The van der Waals surface area contributed by atoms with E-state index in [9.17, 15) is 4.79 Å². The summed E-state index contributed by atoms with van der Waals surface area (Å²) in [4.78, 5) is 12.2. The van der Waals surface area contributed by atoms with Crippen LogP contribution in [0.25, 0.3) is 0 Å². The molecule has 0 bridgehead atoms. The van der Waals surface area contributed by atoms with E-state index in [2.05, 4.69) is 5.43 Å². The second kappa shape index (κ2) is 5.61. The molecule has 94 valence electrons. The highest BCUT2D eigenvalue weighted by atomic mass is 32.2. The minimum atomic E-state index is -0.366. The minimum absolute atomic E-state index is 0.366. The van der Waals surface area contributed by atoms with Gasteiger partial charge in [0.1, 0.15) is 12.0 Å². The van der Waals surface area contributed by atoms with Gasteiger partial charge in [-0.3, -0.25) is 10.2 Å². The molecule has 1 aromatic heterocycles. The predicted molar refractivity (Wildman–Crippen MR) is 70.8 cm³/mol. The molecule has 0 aliphatic heterocycles. The number of furan rings is 1. The lowest BCUT2D eigenvalue weighted by molar-refractivity contribution is 0.0953. The van der Waals surface area contributed by atoms with E-state index >= 15 is 0 Å². The number of anilines is 1. The summed E-state index contributed by atoms with van der Waals surface area (Å²) in [6, 6.07) is 9.26. The number of carbonyl (C=O) groups is 1. The van der Waals surface area contributed by atoms with Crippen molar-refractivity contribution >= 4 is 23.4 Å². The van der Waals surface area contributed by atoms with Crippen molar-refractivity contribution in [1.29, 1.82) is 0 Å². The van der Waals surface area contributed by atoms with E-state index in [0.717, 1.165) is 10.6 Å². The molecule has 0 aliphatic carbocycles. The number of nitrogen functional groups attached to an aromatic ring is 2. The lowest BCUT2D eigenvalue weighted by Gasteiger charge is -2.02. The summed E-state index contributed by atoms with van der Waals surface area (Å²) in [7, 11) is 0. The summed E-state index contributed by atoms with van der Waals surface area (Å²) in [6.07, 6.45) is 1.38. The number of amides is 1. The third kappa shape index (κ3) is 2.85. The number of thioether (sulfide) groups is 1. The van der Waals surface area contributed by atoms with E-state index in [4.69, 9.17) is 16.0 Å². The number of rotatable bonds is 4. The Labute approximate surface area is 108 Å². The summed E-state index contributed by atoms with van der Waals surface area (Å²) in [5.74, 6) is 5.97. The second-order valence-corrected chi connectivity index (χ2v) is 4.62. The van der Waals surface area contributed by atoms with E-state index < -0.39 is 0 Å². The third-order valence-corrected chi connectivity index (χ3v) is 3.45. The molecule has 1 heterocycles. The van der Waals surface area contributed by atoms with Gasteiger partial charge in [0.15, 0.2) is 0 Å². The van der Waals surface area contributed by atoms with Crippen LogP contribution in [0.5, 0.6) is 0 Å². The molecule has 0 spiro atoms. The van der Waals surface area contributed by atoms with Gasteiger partial charge in [-0.2, -0.15) is 0 Å². The standard InChI is InChI=1S/C12H13N3O2S/c13-10-3-1-2-4-11(10)18-7-9-5-8(6-17-9)12(16)15-14/h1-6H,7,13-14H2,(H,15,16). The van der Waals surface area contributed by atoms with Crippen LogP contribution >= 0.6 is 11.8 Å². The lowest BCUT2D eigenvalue weighted by atomic mass is 10.3. The quantitative estimate of drug-likeness (QED) is 0.257. The molecular weight excluding hydrogens is 250 g/mol. The first-order valence-corrected chi connectivity index (χ1v) is 6.25. The Morgan fingerprint density at radius 1 is 1.39 bits per heavy atom. The number of hydrogen-bond donors (Lipinski definition) is 3. The smallest absolute Gasteiger partial charge is 0.268 e. The molecule has 0 unspecified atom stereocenters. The highest BCUT2D eigenvalue weighted by Gasteiger charge is 2.09. The Balaban J connectivity index is 2.01. The summed E-state index contributed by atoms with van der Waals surface area (Å²) in [5.41, 5.74) is 9.02. The molecule has 2 aromatic rings. The topological polar surface area (TPSA) is 94.3 Å². The van der Waals surface area contributed by atoms with Gasteiger partial charge in [0.05, 0.1) is 11.3 Å². The first-order chi connectivity index (χ1) is 8.70. The Morgan fingerprint density at radius 2 is 2.17 bits per heavy atom. The average Bonchev–Trinajstić information content (AvgIpc) is 2.86. The highest BCUT2D eigenvalue weighted by molar-refractivity contribution is 7.98.